The SMILES string of the molecule is CCOc1ccc(N2C[C@H](C(=O)Nc3ccc(S(N)(=O)=O)cc3)CC2=O)cc1. The molecule has 9 heteroatoms. The Hall–Kier alpha value is -2.91. The second-order valence-corrected chi connectivity index (χ2v) is 7.95. The van der Waals surface area contributed by atoms with Gasteiger partial charge in [0.2, 0.25) is 21.8 Å². The van der Waals surface area contributed by atoms with Crippen molar-refractivity contribution < 1.29 is 22.7 Å². The summed E-state index contributed by atoms with van der Waals surface area (Å²) in [5.41, 5.74) is 1.14. The summed E-state index contributed by atoms with van der Waals surface area (Å²) in [6.07, 6.45) is 0.105. The second-order valence-electron chi connectivity index (χ2n) is 6.39. The number of amides is 2. The number of carbonyl (C=O) groups excluding carboxylic acids is 2. The Bertz CT molecular complexity index is 972. The van der Waals surface area contributed by atoms with Crippen molar-refractivity contribution in [1.82, 2.24) is 0 Å². The summed E-state index contributed by atoms with van der Waals surface area (Å²) in [5.74, 6) is -0.217. The van der Waals surface area contributed by atoms with E-state index >= 15 is 0 Å². The van der Waals surface area contributed by atoms with Crippen molar-refractivity contribution >= 4 is 33.2 Å². The van der Waals surface area contributed by atoms with E-state index in [-0.39, 0.29) is 29.7 Å². The first-order valence-corrected chi connectivity index (χ1v) is 10.3. The van der Waals surface area contributed by atoms with E-state index in [1.54, 1.807) is 29.2 Å². The molecule has 28 heavy (non-hydrogen) atoms. The van der Waals surface area contributed by atoms with Crippen LogP contribution in [0.3, 0.4) is 0 Å². The molecule has 2 amide bonds. The van der Waals surface area contributed by atoms with E-state index in [1.165, 1.54) is 24.3 Å². The number of nitrogens with zero attached hydrogens (tertiary/aromatic N) is 1. The van der Waals surface area contributed by atoms with Crippen LogP contribution >= 0.6 is 0 Å². The van der Waals surface area contributed by atoms with Gasteiger partial charge in [-0.05, 0) is 55.5 Å². The molecule has 0 saturated carbocycles. The van der Waals surface area contributed by atoms with Crippen molar-refractivity contribution in [3.8, 4) is 5.75 Å². The fourth-order valence-electron chi connectivity index (χ4n) is 2.99. The Balaban J connectivity index is 1.65. The lowest BCUT2D eigenvalue weighted by Gasteiger charge is -2.17. The first-order valence-electron chi connectivity index (χ1n) is 8.75. The summed E-state index contributed by atoms with van der Waals surface area (Å²) in [6.45, 7) is 2.72. The predicted octanol–water partition coefficient (Wildman–Crippen LogP) is 1.72. The normalized spacial score (nSPS) is 16.9. The minimum absolute atomic E-state index is 0.0387. The molecule has 0 unspecified atom stereocenters. The highest BCUT2D eigenvalue weighted by molar-refractivity contribution is 7.89. The zero-order valence-corrected chi connectivity index (χ0v) is 16.1. The molecule has 1 saturated heterocycles. The zero-order valence-electron chi connectivity index (χ0n) is 15.3. The monoisotopic (exact) mass is 403 g/mol. The van der Waals surface area contributed by atoms with Crippen LogP contribution in [0.1, 0.15) is 13.3 Å². The lowest BCUT2D eigenvalue weighted by molar-refractivity contribution is -0.122. The fraction of sp³-hybridized carbons (Fsp3) is 0.263. The van der Waals surface area contributed by atoms with Crippen LogP contribution in [-0.2, 0) is 19.6 Å². The third-order valence-electron chi connectivity index (χ3n) is 4.41. The van der Waals surface area contributed by atoms with E-state index in [0.717, 1.165) is 5.75 Å². The topological polar surface area (TPSA) is 119 Å². The van der Waals surface area contributed by atoms with Crippen LogP contribution < -0.4 is 20.1 Å². The number of nitrogens with one attached hydrogen (secondary N) is 1. The van der Waals surface area contributed by atoms with E-state index < -0.39 is 15.9 Å². The number of hydrogen-bond acceptors (Lipinski definition) is 5. The van der Waals surface area contributed by atoms with Crippen LogP contribution in [0.4, 0.5) is 11.4 Å². The molecule has 1 aliphatic rings. The van der Waals surface area contributed by atoms with Gasteiger partial charge in [0.1, 0.15) is 5.75 Å². The van der Waals surface area contributed by atoms with Gasteiger partial charge in [-0.25, -0.2) is 13.6 Å². The van der Waals surface area contributed by atoms with Gasteiger partial charge in [0.05, 0.1) is 17.4 Å². The summed E-state index contributed by atoms with van der Waals surface area (Å²) in [5, 5.41) is 7.76. The molecular formula is C19H21N3O5S. The number of hydrogen-bond donors (Lipinski definition) is 2. The molecule has 0 aliphatic carbocycles. The van der Waals surface area contributed by atoms with Crippen LogP contribution in [0.25, 0.3) is 0 Å². The molecule has 2 aromatic carbocycles. The third kappa shape index (κ3) is 4.49. The standard InChI is InChI=1S/C19H21N3O5S/c1-2-27-16-7-5-15(6-8-16)22-12-13(11-18(22)23)19(24)21-14-3-9-17(10-4-14)28(20,25)26/h3-10,13H,2,11-12H2,1H3,(H,21,24)(H2,20,25,26)/t13-/m1/s1. The number of primary sulfonamides is 1. The molecule has 2 aromatic rings. The quantitative estimate of drug-likeness (QED) is 0.761. The molecule has 1 heterocycles. The maximum Gasteiger partial charge on any atom is 0.238 e. The Kier molecular flexibility index (Phi) is 5.66. The van der Waals surface area contributed by atoms with Gasteiger partial charge in [0, 0.05) is 24.3 Å². The van der Waals surface area contributed by atoms with Crippen LogP contribution in [0.2, 0.25) is 0 Å². The van der Waals surface area contributed by atoms with Crippen LogP contribution in [0.15, 0.2) is 53.4 Å². The number of sulfonamides is 1. The lowest BCUT2D eigenvalue weighted by Crippen LogP contribution is -2.28. The van der Waals surface area contributed by atoms with Gasteiger partial charge in [-0.3, -0.25) is 9.59 Å². The summed E-state index contributed by atoms with van der Waals surface area (Å²) in [4.78, 5) is 26.4. The van der Waals surface area contributed by atoms with Crippen molar-refractivity contribution in [1.29, 1.82) is 0 Å². The molecule has 8 nitrogen and oxygen atoms in total. The molecule has 0 aromatic heterocycles. The van der Waals surface area contributed by atoms with E-state index in [1.807, 2.05) is 6.92 Å². The van der Waals surface area contributed by atoms with Crippen molar-refractivity contribution in [2.45, 2.75) is 18.2 Å². The van der Waals surface area contributed by atoms with E-state index in [9.17, 15) is 18.0 Å². The number of anilines is 2. The average Bonchev–Trinajstić information content (AvgIpc) is 3.04. The first-order chi connectivity index (χ1) is 13.3. The van der Waals surface area contributed by atoms with Crippen molar-refractivity contribution in [3.05, 3.63) is 48.5 Å². The molecule has 1 aliphatic heterocycles. The average molecular weight is 403 g/mol. The Morgan fingerprint density at radius 2 is 1.82 bits per heavy atom. The minimum atomic E-state index is -3.79. The lowest BCUT2D eigenvalue weighted by atomic mass is 10.1. The van der Waals surface area contributed by atoms with E-state index in [0.29, 0.717) is 18.0 Å². The maximum atomic E-state index is 12.5. The summed E-state index contributed by atoms with van der Waals surface area (Å²) in [6, 6.07) is 12.7. The largest absolute Gasteiger partial charge is 0.494 e. The van der Waals surface area contributed by atoms with Crippen molar-refractivity contribution in [2.24, 2.45) is 11.1 Å². The number of carbonyl (C=O) groups is 2. The smallest absolute Gasteiger partial charge is 0.238 e. The Morgan fingerprint density at radius 3 is 2.39 bits per heavy atom. The van der Waals surface area contributed by atoms with E-state index in [4.69, 9.17) is 9.88 Å². The molecular weight excluding hydrogens is 382 g/mol. The number of rotatable bonds is 6. The molecule has 3 N–H and O–H groups in total. The maximum absolute atomic E-state index is 12.5. The molecule has 3 rings (SSSR count). The molecule has 0 radical (unpaired) electrons. The van der Waals surface area contributed by atoms with Crippen molar-refractivity contribution in [2.75, 3.05) is 23.4 Å². The number of nitrogens with two attached hydrogens (primary N) is 1. The fourth-order valence-corrected chi connectivity index (χ4v) is 3.51. The highest BCUT2D eigenvalue weighted by Gasteiger charge is 2.35. The Labute approximate surface area is 163 Å². The molecule has 148 valence electrons. The highest BCUT2D eigenvalue weighted by atomic mass is 32.2. The first kappa shape index (κ1) is 19.8. The molecule has 1 atom stereocenters. The second kappa shape index (κ2) is 7.99. The summed E-state index contributed by atoms with van der Waals surface area (Å²) >= 11 is 0. The summed E-state index contributed by atoms with van der Waals surface area (Å²) < 4.78 is 28.0. The van der Waals surface area contributed by atoms with Crippen LogP contribution in [-0.4, -0.2) is 33.4 Å². The van der Waals surface area contributed by atoms with E-state index in [2.05, 4.69) is 5.32 Å². The Morgan fingerprint density at radius 1 is 1.18 bits per heavy atom. The molecule has 1 fully saturated rings. The third-order valence-corrected chi connectivity index (χ3v) is 5.33. The minimum Gasteiger partial charge on any atom is -0.494 e. The number of ether oxygens (including phenoxy) is 1. The van der Waals surface area contributed by atoms with Gasteiger partial charge in [0.15, 0.2) is 0 Å². The summed E-state index contributed by atoms with van der Waals surface area (Å²) in [7, 11) is -3.79. The van der Waals surface area contributed by atoms with Gasteiger partial charge in [-0.15, -0.1) is 0 Å². The molecule has 0 bridgehead atoms. The highest BCUT2D eigenvalue weighted by Crippen LogP contribution is 2.27. The molecule has 0 spiro atoms. The van der Waals surface area contributed by atoms with Gasteiger partial charge in [0.25, 0.3) is 0 Å². The van der Waals surface area contributed by atoms with Gasteiger partial charge in [-0.2, -0.15) is 0 Å². The van der Waals surface area contributed by atoms with Gasteiger partial charge >= 0.3 is 0 Å². The van der Waals surface area contributed by atoms with Crippen molar-refractivity contribution in [3.63, 3.8) is 0 Å². The van der Waals surface area contributed by atoms with Crippen LogP contribution in [0, 0.1) is 5.92 Å². The van der Waals surface area contributed by atoms with Gasteiger partial charge in [-0.1, -0.05) is 0 Å². The zero-order chi connectivity index (χ0) is 20.3. The van der Waals surface area contributed by atoms with Crippen LogP contribution in [0.5, 0.6) is 5.75 Å². The predicted molar refractivity (Wildman–Crippen MR) is 105 cm³/mol. The number of benzene rings is 2. The van der Waals surface area contributed by atoms with Gasteiger partial charge < -0.3 is 15.0 Å².